The molecule has 0 unspecified atom stereocenters. The Morgan fingerprint density at radius 2 is 2.15 bits per heavy atom. The number of benzene rings is 1. The third-order valence-electron chi connectivity index (χ3n) is 2.23. The van der Waals surface area contributed by atoms with E-state index in [9.17, 15) is 0 Å². The van der Waals surface area contributed by atoms with Crippen LogP contribution < -0.4 is 4.74 Å². The molecule has 1 aliphatic rings. The fourth-order valence-electron chi connectivity index (χ4n) is 1.69. The Morgan fingerprint density at radius 3 is 2.85 bits per heavy atom. The Bertz CT molecular complexity index is 331. The largest absolute Gasteiger partial charge is 0.492 e. The first-order valence-corrected chi connectivity index (χ1v) is 4.31. The van der Waals surface area contributed by atoms with Crippen LogP contribution in [0.2, 0.25) is 0 Å². The molecule has 1 aromatic carbocycles. The lowest BCUT2D eigenvalue weighted by Crippen LogP contribution is -1.99. The van der Waals surface area contributed by atoms with Crippen molar-refractivity contribution in [1.29, 1.82) is 0 Å². The quantitative estimate of drug-likeness (QED) is 0.632. The van der Waals surface area contributed by atoms with Crippen LogP contribution >= 0.6 is 0 Å². The van der Waals surface area contributed by atoms with Gasteiger partial charge in [0.1, 0.15) is 5.75 Å². The van der Waals surface area contributed by atoms with Gasteiger partial charge in [0.25, 0.3) is 0 Å². The second-order valence-corrected chi connectivity index (χ2v) is 3.31. The first kappa shape index (κ1) is 8.53. The lowest BCUT2D eigenvalue weighted by Gasteiger charge is -2.10. The molecule has 2 rings (SSSR count). The van der Waals surface area contributed by atoms with E-state index in [4.69, 9.17) is 14.9 Å². The SMILES string of the molecule is Cc1cc2c(c(C(O)O)c1)OCC2. The Balaban J connectivity index is 2.55. The maximum atomic E-state index is 9.09. The maximum Gasteiger partial charge on any atom is 0.182 e. The highest BCUT2D eigenvalue weighted by Gasteiger charge is 2.20. The Morgan fingerprint density at radius 1 is 1.38 bits per heavy atom. The molecule has 3 heteroatoms. The van der Waals surface area contributed by atoms with E-state index in [2.05, 4.69) is 0 Å². The summed E-state index contributed by atoms with van der Waals surface area (Å²) in [7, 11) is 0. The molecule has 0 aliphatic carbocycles. The van der Waals surface area contributed by atoms with Gasteiger partial charge in [0.2, 0.25) is 0 Å². The van der Waals surface area contributed by atoms with Crippen molar-refractivity contribution < 1.29 is 14.9 Å². The van der Waals surface area contributed by atoms with Crippen molar-refractivity contribution >= 4 is 0 Å². The summed E-state index contributed by atoms with van der Waals surface area (Å²) >= 11 is 0. The average Bonchev–Trinajstić information content (AvgIpc) is 2.49. The molecule has 0 saturated carbocycles. The summed E-state index contributed by atoms with van der Waals surface area (Å²) in [6.45, 7) is 2.57. The molecule has 0 spiro atoms. The second kappa shape index (κ2) is 3.01. The summed E-state index contributed by atoms with van der Waals surface area (Å²) < 4.78 is 5.33. The van der Waals surface area contributed by atoms with Gasteiger partial charge >= 0.3 is 0 Å². The van der Waals surface area contributed by atoms with Crippen LogP contribution in [0.5, 0.6) is 5.75 Å². The number of ether oxygens (including phenoxy) is 1. The van der Waals surface area contributed by atoms with Crippen LogP contribution in [-0.2, 0) is 6.42 Å². The van der Waals surface area contributed by atoms with Gasteiger partial charge in [0.05, 0.1) is 6.61 Å². The number of aliphatic hydroxyl groups excluding tert-OH is 1. The zero-order valence-corrected chi connectivity index (χ0v) is 7.45. The molecule has 1 aliphatic heterocycles. The van der Waals surface area contributed by atoms with Crippen molar-refractivity contribution in [2.75, 3.05) is 6.61 Å². The first-order chi connectivity index (χ1) is 6.18. The minimum atomic E-state index is -1.44. The molecule has 0 radical (unpaired) electrons. The van der Waals surface area contributed by atoms with E-state index < -0.39 is 6.29 Å². The molecule has 0 bridgehead atoms. The number of aryl methyl sites for hydroxylation is 1. The molecule has 1 heterocycles. The van der Waals surface area contributed by atoms with Crippen molar-refractivity contribution in [2.24, 2.45) is 0 Å². The molecule has 3 nitrogen and oxygen atoms in total. The van der Waals surface area contributed by atoms with Crippen LogP contribution in [0, 0.1) is 6.92 Å². The van der Waals surface area contributed by atoms with Crippen molar-refractivity contribution in [3.63, 3.8) is 0 Å². The Kier molecular flexibility index (Phi) is 1.98. The van der Waals surface area contributed by atoms with Gasteiger partial charge in [0.15, 0.2) is 6.29 Å². The van der Waals surface area contributed by atoms with Crippen LogP contribution in [0.25, 0.3) is 0 Å². The van der Waals surface area contributed by atoms with Gasteiger partial charge in [-0.25, -0.2) is 0 Å². The number of rotatable bonds is 1. The molecule has 0 amide bonds. The van der Waals surface area contributed by atoms with Crippen molar-refractivity contribution in [1.82, 2.24) is 0 Å². The van der Waals surface area contributed by atoms with E-state index in [0.29, 0.717) is 17.9 Å². The summed E-state index contributed by atoms with van der Waals surface area (Å²) in [4.78, 5) is 0. The van der Waals surface area contributed by atoms with Gasteiger partial charge in [-0.15, -0.1) is 0 Å². The predicted molar refractivity (Wildman–Crippen MR) is 47.6 cm³/mol. The van der Waals surface area contributed by atoms with Crippen molar-refractivity contribution in [2.45, 2.75) is 19.6 Å². The molecular formula is C10H12O3. The van der Waals surface area contributed by atoms with E-state index in [1.807, 2.05) is 13.0 Å². The number of fused-ring (bicyclic) bond motifs is 1. The smallest absolute Gasteiger partial charge is 0.182 e. The zero-order valence-electron chi connectivity index (χ0n) is 7.45. The zero-order chi connectivity index (χ0) is 9.42. The molecule has 0 saturated heterocycles. The predicted octanol–water partition coefficient (Wildman–Crippen LogP) is 0.913. The average molecular weight is 180 g/mol. The minimum Gasteiger partial charge on any atom is -0.492 e. The third kappa shape index (κ3) is 1.41. The summed E-state index contributed by atoms with van der Waals surface area (Å²) in [5.41, 5.74) is 2.59. The summed E-state index contributed by atoms with van der Waals surface area (Å²) in [5.74, 6) is 0.653. The number of aliphatic hydroxyl groups is 2. The highest BCUT2D eigenvalue weighted by molar-refractivity contribution is 5.47. The van der Waals surface area contributed by atoms with Gasteiger partial charge < -0.3 is 14.9 Å². The molecule has 2 N–H and O–H groups in total. The van der Waals surface area contributed by atoms with Gasteiger partial charge in [-0.2, -0.15) is 0 Å². The lowest BCUT2D eigenvalue weighted by molar-refractivity contribution is -0.0439. The molecule has 0 atom stereocenters. The maximum absolute atomic E-state index is 9.09. The summed E-state index contributed by atoms with van der Waals surface area (Å²) in [6, 6.07) is 3.77. The third-order valence-corrected chi connectivity index (χ3v) is 2.23. The van der Waals surface area contributed by atoms with Crippen LogP contribution in [0.4, 0.5) is 0 Å². The van der Waals surface area contributed by atoms with Crippen LogP contribution in [-0.4, -0.2) is 16.8 Å². The summed E-state index contributed by atoms with van der Waals surface area (Å²) in [5, 5.41) is 18.2. The molecule has 0 aromatic heterocycles. The number of hydrogen-bond donors (Lipinski definition) is 2. The highest BCUT2D eigenvalue weighted by atomic mass is 16.5. The standard InChI is InChI=1S/C10H12O3/c1-6-4-7-2-3-13-9(7)8(5-6)10(11)12/h4-5,10-12H,2-3H2,1H3. The van der Waals surface area contributed by atoms with Crippen LogP contribution in [0.1, 0.15) is 23.0 Å². The van der Waals surface area contributed by atoms with Gasteiger partial charge in [0, 0.05) is 12.0 Å². The molecule has 0 fully saturated rings. The van der Waals surface area contributed by atoms with Crippen LogP contribution in [0.3, 0.4) is 0 Å². The van der Waals surface area contributed by atoms with Crippen molar-refractivity contribution in [3.8, 4) is 5.75 Å². The highest BCUT2D eigenvalue weighted by Crippen LogP contribution is 2.33. The fourth-order valence-corrected chi connectivity index (χ4v) is 1.69. The molecule has 1 aromatic rings. The van der Waals surface area contributed by atoms with Gasteiger partial charge in [-0.05, 0) is 18.6 Å². The lowest BCUT2D eigenvalue weighted by atomic mass is 10.0. The van der Waals surface area contributed by atoms with E-state index in [1.165, 1.54) is 0 Å². The van der Waals surface area contributed by atoms with E-state index >= 15 is 0 Å². The fraction of sp³-hybridized carbons (Fsp3) is 0.400. The van der Waals surface area contributed by atoms with Crippen molar-refractivity contribution in [3.05, 3.63) is 28.8 Å². The van der Waals surface area contributed by atoms with E-state index in [1.54, 1.807) is 6.07 Å². The normalized spacial score (nSPS) is 14.5. The van der Waals surface area contributed by atoms with Crippen LogP contribution in [0.15, 0.2) is 12.1 Å². The summed E-state index contributed by atoms with van der Waals surface area (Å²) in [6.07, 6.45) is -0.580. The molecule has 13 heavy (non-hydrogen) atoms. The van der Waals surface area contributed by atoms with E-state index in [0.717, 1.165) is 17.5 Å². The Labute approximate surface area is 76.6 Å². The topological polar surface area (TPSA) is 49.7 Å². The molecular weight excluding hydrogens is 168 g/mol. The minimum absolute atomic E-state index is 0.479. The Hall–Kier alpha value is -1.06. The number of hydrogen-bond acceptors (Lipinski definition) is 3. The molecule has 70 valence electrons. The van der Waals surface area contributed by atoms with E-state index in [-0.39, 0.29) is 0 Å². The first-order valence-electron chi connectivity index (χ1n) is 4.31. The second-order valence-electron chi connectivity index (χ2n) is 3.31. The van der Waals surface area contributed by atoms with Gasteiger partial charge in [-0.3, -0.25) is 0 Å². The monoisotopic (exact) mass is 180 g/mol. The van der Waals surface area contributed by atoms with Gasteiger partial charge in [-0.1, -0.05) is 11.6 Å².